The second-order valence-corrected chi connectivity index (χ2v) is 6.32. The Morgan fingerprint density at radius 2 is 2.10 bits per heavy atom. The first-order valence-corrected chi connectivity index (χ1v) is 8.14. The van der Waals surface area contributed by atoms with Crippen molar-refractivity contribution < 1.29 is 20.1 Å². The molecule has 0 radical (unpaired) electrons. The van der Waals surface area contributed by atoms with Gasteiger partial charge in [0.2, 0.25) is 0 Å². The van der Waals surface area contributed by atoms with E-state index in [1.165, 1.54) is 11.8 Å². The van der Waals surface area contributed by atoms with Gasteiger partial charge in [-0.2, -0.15) is 0 Å². The highest BCUT2D eigenvalue weighted by molar-refractivity contribution is 8.14. The van der Waals surface area contributed by atoms with Gasteiger partial charge >= 0.3 is 0 Å². The first-order valence-electron chi connectivity index (χ1n) is 7.26. The lowest BCUT2D eigenvalue weighted by Crippen LogP contribution is -2.58. The maximum absolute atomic E-state index is 10.2. The molecule has 0 aromatic carbocycles. The lowest BCUT2D eigenvalue weighted by atomic mass is 9.93. The zero-order chi connectivity index (χ0) is 14.7. The van der Waals surface area contributed by atoms with E-state index in [2.05, 4.69) is 10.3 Å². The Morgan fingerprint density at radius 1 is 1.35 bits per heavy atom. The molecule has 116 valence electrons. The molecule has 2 aliphatic heterocycles. The summed E-state index contributed by atoms with van der Waals surface area (Å²) in [5.41, 5.74) is -0.344. The highest BCUT2D eigenvalue weighted by Gasteiger charge is 2.49. The number of amidine groups is 1. The van der Waals surface area contributed by atoms with Gasteiger partial charge in [0.05, 0.1) is 6.10 Å². The summed E-state index contributed by atoms with van der Waals surface area (Å²) < 4.78 is 5.78. The summed E-state index contributed by atoms with van der Waals surface area (Å²) in [7, 11) is 0. The first-order chi connectivity index (χ1) is 9.58. The average molecular weight is 304 g/mol. The standard InChI is InChI=1S/C13H24N2O4S/c1-3-5-6-7(16)11-10(18)9(17)8-12(19-11)20-13(15-8)14-4-2/h7-12,16-18H,3-6H2,1-2H3,(H,14,15)/t7-,8+,9+,10-,11+,12+/m0/s1. The van der Waals surface area contributed by atoms with Crippen LogP contribution in [-0.4, -0.2) is 62.9 Å². The second-order valence-electron chi connectivity index (χ2n) is 5.23. The molecule has 4 N–H and O–H groups in total. The minimum Gasteiger partial charge on any atom is -0.390 e. The molecule has 0 saturated carbocycles. The Bertz CT molecular complexity index is 355. The summed E-state index contributed by atoms with van der Waals surface area (Å²) in [6, 6.07) is -0.473. The molecule has 6 nitrogen and oxygen atoms in total. The van der Waals surface area contributed by atoms with Gasteiger partial charge in [0, 0.05) is 6.54 Å². The van der Waals surface area contributed by atoms with Gasteiger partial charge in [-0.05, 0) is 13.3 Å². The normalized spacial score (nSPS) is 38.2. The number of ether oxygens (including phenoxy) is 1. The zero-order valence-electron chi connectivity index (χ0n) is 11.9. The predicted molar refractivity (Wildman–Crippen MR) is 78.7 cm³/mol. The Morgan fingerprint density at radius 3 is 2.75 bits per heavy atom. The van der Waals surface area contributed by atoms with E-state index in [1.807, 2.05) is 13.8 Å². The van der Waals surface area contributed by atoms with Crippen molar-refractivity contribution in [3.05, 3.63) is 0 Å². The quantitative estimate of drug-likeness (QED) is 0.574. The monoisotopic (exact) mass is 304 g/mol. The van der Waals surface area contributed by atoms with Crippen LogP contribution in [0.1, 0.15) is 33.1 Å². The highest BCUT2D eigenvalue weighted by Crippen LogP contribution is 2.37. The third-order valence-corrected chi connectivity index (χ3v) is 4.76. The molecule has 0 amide bonds. The van der Waals surface area contributed by atoms with Crippen molar-refractivity contribution in [1.82, 2.24) is 5.32 Å². The number of fused-ring (bicyclic) bond motifs is 1. The van der Waals surface area contributed by atoms with E-state index in [0.29, 0.717) is 6.42 Å². The maximum Gasteiger partial charge on any atom is 0.159 e. The average Bonchev–Trinajstić information content (AvgIpc) is 2.83. The van der Waals surface area contributed by atoms with Gasteiger partial charge < -0.3 is 25.4 Å². The fourth-order valence-electron chi connectivity index (χ4n) is 2.52. The lowest BCUT2D eigenvalue weighted by Gasteiger charge is -2.40. The van der Waals surface area contributed by atoms with E-state index >= 15 is 0 Å². The number of nitrogens with zero attached hydrogens (tertiary/aromatic N) is 1. The minimum atomic E-state index is -1.10. The molecule has 2 heterocycles. The minimum absolute atomic E-state index is 0.344. The van der Waals surface area contributed by atoms with Crippen LogP contribution in [0.2, 0.25) is 0 Å². The van der Waals surface area contributed by atoms with Gasteiger partial charge in [0.1, 0.15) is 29.8 Å². The van der Waals surface area contributed by atoms with Gasteiger partial charge in [-0.15, -0.1) is 0 Å². The van der Waals surface area contributed by atoms with Gasteiger partial charge in [0.25, 0.3) is 0 Å². The molecule has 0 spiro atoms. The molecule has 0 aromatic heterocycles. The number of aliphatic hydroxyl groups excluding tert-OH is 3. The van der Waals surface area contributed by atoms with E-state index < -0.39 is 30.5 Å². The second kappa shape index (κ2) is 7.09. The molecule has 20 heavy (non-hydrogen) atoms. The molecular formula is C13H24N2O4S. The zero-order valence-corrected chi connectivity index (χ0v) is 12.7. The van der Waals surface area contributed by atoms with Crippen LogP contribution < -0.4 is 5.32 Å². The fraction of sp³-hybridized carbons (Fsp3) is 0.923. The molecule has 7 heteroatoms. The van der Waals surface area contributed by atoms with Crippen LogP contribution in [0, 0.1) is 0 Å². The van der Waals surface area contributed by atoms with E-state index in [9.17, 15) is 15.3 Å². The Balaban J connectivity index is 2.01. The summed E-state index contributed by atoms with van der Waals surface area (Å²) in [5, 5.41) is 34.3. The van der Waals surface area contributed by atoms with Crippen LogP contribution in [0.25, 0.3) is 0 Å². The van der Waals surface area contributed by atoms with E-state index in [1.54, 1.807) is 0 Å². The Kier molecular flexibility index (Phi) is 5.68. The number of aliphatic hydroxyl groups is 3. The molecule has 0 unspecified atom stereocenters. The summed E-state index contributed by atoms with van der Waals surface area (Å²) in [6.45, 7) is 4.75. The van der Waals surface area contributed by atoms with E-state index in [-0.39, 0.29) is 5.44 Å². The smallest absolute Gasteiger partial charge is 0.159 e. The molecule has 6 atom stereocenters. The third-order valence-electron chi connectivity index (χ3n) is 3.66. The van der Waals surface area contributed by atoms with Crippen molar-refractivity contribution in [3.8, 4) is 0 Å². The van der Waals surface area contributed by atoms with E-state index in [0.717, 1.165) is 24.6 Å². The highest BCUT2D eigenvalue weighted by atomic mass is 32.2. The topological polar surface area (TPSA) is 94.3 Å². The van der Waals surface area contributed by atoms with Crippen LogP contribution >= 0.6 is 11.8 Å². The van der Waals surface area contributed by atoms with Crippen molar-refractivity contribution >= 4 is 16.9 Å². The number of unbranched alkanes of at least 4 members (excludes halogenated alkanes) is 1. The van der Waals surface area contributed by atoms with Gasteiger partial charge in [0.15, 0.2) is 5.17 Å². The summed E-state index contributed by atoms with van der Waals surface area (Å²) in [4.78, 5) is 4.34. The molecule has 1 saturated heterocycles. The summed E-state index contributed by atoms with van der Waals surface area (Å²) >= 11 is 1.40. The van der Waals surface area contributed by atoms with Crippen molar-refractivity contribution in [2.45, 2.75) is 69.0 Å². The summed E-state index contributed by atoms with van der Waals surface area (Å²) in [5.74, 6) is 0. The van der Waals surface area contributed by atoms with Crippen molar-refractivity contribution in [2.75, 3.05) is 6.54 Å². The van der Waals surface area contributed by atoms with Crippen LogP contribution in [-0.2, 0) is 4.74 Å². The van der Waals surface area contributed by atoms with Gasteiger partial charge in [-0.1, -0.05) is 31.5 Å². The third kappa shape index (κ3) is 3.28. The lowest BCUT2D eigenvalue weighted by molar-refractivity contribution is -0.185. The number of aliphatic imine (C=N–C) groups is 1. The fourth-order valence-corrected chi connectivity index (χ4v) is 3.69. The molecule has 0 aliphatic carbocycles. The van der Waals surface area contributed by atoms with Crippen LogP contribution in [0.3, 0.4) is 0 Å². The van der Waals surface area contributed by atoms with E-state index in [4.69, 9.17) is 4.74 Å². The van der Waals surface area contributed by atoms with Crippen LogP contribution in [0.15, 0.2) is 4.99 Å². The van der Waals surface area contributed by atoms with Gasteiger partial charge in [-0.3, -0.25) is 4.99 Å². The SMILES string of the molecule is CCCC[C@H](O)[C@H]1O[C@@H]2SC(NCC)=N[C@@H]2[C@@H](O)[C@@H]1O. The number of nitrogens with one attached hydrogen (secondary N) is 1. The van der Waals surface area contributed by atoms with Crippen molar-refractivity contribution in [1.29, 1.82) is 0 Å². The Labute approximate surface area is 123 Å². The number of thioether (sulfide) groups is 1. The molecular weight excluding hydrogens is 280 g/mol. The Hall–Kier alpha value is -0.340. The van der Waals surface area contributed by atoms with Gasteiger partial charge in [-0.25, -0.2) is 0 Å². The van der Waals surface area contributed by atoms with Crippen molar-refractivity contribution in [2.24, 2.45) is 4.99 Å². The summed E-state index contributed by atoms with van der Waals surface area (Å²) in [6.07, 6.45) is -1.22. The number of rotatable bonds is 5. The largest absolute Gasteiger partial charge is 0.390 e. The molecule has 2 rings (SSSR count). The number of hydrogen-bond donors (Lipinski definition) is 4. The first kappa shape index (κ1) is 16.0. The molecule has 0 aromatic rings. The molecule has 2 aliphatic rings. The predicted octanol–water partition coefficient (Wildman–Crippen LogP) is 0.0651. The molecule has 1 fully saturated rings. The van der Waals surface area contributed by atoms with Crippen LogP contribution in [0.4, 0.5) is 0 Å². The molecule has 0 bridgehead atoms. The maximum atomic E-state index is 10.2. The van der Waals surface area contributed by atoms with Crippen molar-refractivity contribution in [3.63, 3.8) is 0 Å². The van der Waals surface area contributed by atoms with Crippen LogP contribution in [0.5, 0.6) is 0 Å². The number of hydrogen-bond acceptors (Lipinski definition) is 7.